The van der Waals surface area contributed by atoms with Gasteiger partial charge in [0.25, 0.3) is 0 Å². The molecule has 13 nitrogen and oxygen atoms in total. The summed E-state index contributed by atoms with van der Waals surface area (Å²) in [5.74, 6) is -2.26. The van der Waals surface area contributed by atoms with Gasteiger partial charge < -0.3 is 18.6 Å². The molecular weight excluding hydrogens is 1350 g/mol. The molecule has 0 unspecified atom stereocenters. The Morgan fingerprint density at radius 3 is 0.811 bits per heavy atom. The van der Waals surface area contributed by atoms with Gasteiger partial charge in [0.15, 0.2) is 62.8 Å². The number of esters is 2. The van der Waals surface area contributed by atoms with E-state index in [0.29, 0.717) is 0 Å². The van der Waals surface area contributed by atoms with Gasteiger partial charge in [-0.05, 0) is 133 Å². The van der Waals surface area contributed by atoms with Crippen molar-refractivity contribution in [1.29, 1.82) is 0 Å². The van der Waals surface area contributed by atoms with E-state index in [1.54, 1.807) is 24.3 Å². The van der Waals surface area contributed by atoms with Crippen LogP contribution in [0.15, 0.2) is 308 Å². The van der Waals surface area contributed by atoms with Crippen LogP contribution in [0.25, 0.3) is 22.3 Å². The van der Waals surface area contributed by atoms with Crippen LogP contribution in [0.4, 0.5) is 30.7 Å². The van der Waals surface area contributed by atoms with Gasteiger partial charge in [-0.1, -0.05) is 193 Å². The van der Waals surface area contributed by atoms with E-state index in [1.165, 1.54) is 64.8 Å². The normalized spacial score (nSPS) is 11.5. The molecular formula is C69H57F7NaO13S5+. The minimum atomic E-state index is -6.09. The van der Waals surface area contributed by atoms with Crippen molar-refractivity contribution in [2.24, 2.45) is 0 Å². The topological polar surface area (TPSA) is 221 Å². The molecule has 0 heterocycles. The van der Waals surface area contributed by atoms with Crippen molar-refractivity contribution in [1.82, 2.24) is 0 Å². The number of benzene rings is 10. The molecule has 1 N–H and O–H groups in total. The smallest absolute Gasteiger partial charge is 0.743 e. The number of carbonyl (C=O) groups is 2. The molecule has 0 saturated heterocycles. The van der Waals surface area contributed by atoms with Gasteiger partial charge in [0, 0.05) is 0 Å². The zero-order valence-corrected chi connectivity index (χ0v) is 56.6. The van der Waals surface area contributed by atoms with Crippen molar-refractivity contribution in [3.63, 3.8) is 0 Å². The number of carbonyl (C=O) groups excluding carboxylic acids is 2. The van der Waals surface area contributed by atoms with Crippen molar-refractivity contribution >= 4 is 64.1 Å². The average molecular weight is 1410 g/mol. The molecule has 0 aliphatic rings. The summed E-state index contributed by atoms with van der Waals surface area (Å²) in [6.07, 6.45) is 0. The van der Waals surface area contributed by atoms with Crippen LogP contribution in [0.2, 0.25) is 0 Å². The zero-order valence-electron chi connectivity index (χ0n) is 50.5. The maximum atomic E-state index is 13.0. The Hall–Kier alpha value is -7.92. The van der Waals surface area contributed by atoms with E-state index in [-0.39, 0.29) is 62.5 Å². The van der Waals surface area contributed by atoms with Gasteiger partial charge in [0.2, 0.25) is 0 Å². The molecule has 0 spiro atoms. The van der Waals surface area contributed by atoms with Crippen LogP contribution in [0.1, 0.15) is 31.8 Å². The molecule has 10 aromatic carbocycles. The quantitative estimate of drug-likeness (QED) is 0.0238. The van der Waals surface area contributed by atoms with E-state index in [1.807, 2.05) is 60.7 Å². The third-order valence-electron chi connectivity index (χ3n) is 12.7. The third kappa shape index (κ3) is 24.0. The molecule has 0 atom stereocenters. The summed E-state index contributed by atoms with van der Waals surface area (Å²) in [7, 11) is -17.7. The Morgan fingerprint density at radius 1 is 0.358 bits per heavy atom. The summed E-state index contributed by atoms with van der Waals surface area (Å²) in [5, 5.41) is -9.21. The van der Waals surface area contributed by atoms with Gasteiger partial charge in [0.1, 0.15) is 0 Å². The molecule has 0 radical (unpaired) electrons. The fraction of sp³-hybridized carbons (Fsp3) is 0.101. The molecule has 0 aliphatic carbocycles. The van der Waals surface area contributed by atoms with Crippen LogP contribution >= 0.6 is 0 Å². The van der Waals surface area contributed by atoms with Gasteiger partial charge in [-0.15, -0.1) is 0 Å². The average Bonchev–Trinajstić information content (AvgIpc) is 0.959. The van der Waals surface area contributed by atoms with Crippen LogP contribution < -0.4 is 29.6 Å². The van der Waals surface area contributed by atoms with Crippen LogP contribution in [0.3, 0.4) is 0 Å². The molecule has 10 aromatic rings. The number of alkyl halides is 7. The summed E-state index contributed by atoms with van der Waals surface area (Å²) in [6.45, 7) is 0.684. The fourth-order valence-corrected chi connectivity index (χ4v) is 12.4. The Bertz CT molecular complexity index is 4010. The van der Waals surface area contributed by atoms with Crippen molar-refractivity contribution in [3.05, 3.63) is 301 Å². The summed E-state index contributed by atoms with van der Waals surface area (Å²) in [5.41, 5.74) is 0.325. The van der Waals surface area contributed by atoms with Crippen molar-refractivity contribution in [2.75, 3.05) is 13.2 Å². The van der Waals surface area contributed by atoms with E-state index in [0.717, 1.165) is 22.3 Å². The molecule has 95 heavy (non-hydrogen) atoms. The molecule has 0 saturated carbocycles. The number of aryl methyl sites for hydroxylation is 2. The van der Waals surface area contributed by atoms with E-state index < -0.39 is 71.5 Å². The molecule has 490 valence electrons. The van der Waals surface area contributed by atoms with Crippen LogP contribution in [0.5, 0.6) is 0 Å². The van der Waals surface area contributed by atoms with Crippen LogP contribution in [-0.2, 0) is 61.6 Å². The second kappa shape index (κ2) is 35.7. The third-order valence-corrected chi connectivity index (χ3v) is 19.4. The van der Waals surface area contributed by atoms with Crippen LogP contribution in [-0.4, -0.2) is 80.1 Å². The minimum absolute atomic E-state index is 0. The first-order valence-electron chi connectivity index (χ1n) is 27.5. The zero-order chi connectivity index (χ0) is 68.7. The van der Waals surface area contributed by atoms with Crippen LogP contribution in [0, 0.1) is 13.8 Å². The number of ether oxygens (including phenoxy) is 2. The van der Waals surface area contributed by atoms with Gasteiger partial charge in [-0.3, -0.25) is 4.55 Å². The van der Waals surface area contributed by atoms with Crippen molar-refractivity contribution in [2.45, 2.75) is 59.2 Å². The summed E-state index contributed by atoms with van der Waals surface area (Å²) < 4.78 is 179. The first-order chi connectivity index (χ1) is 44.3. The predicted octanol–water partition coefficient (Wildman–Crippen LogP) is 12.9. The number of halogens is 7. The van der Waals surface area contributed by atoms with Gasteiger partial charge in [-0.25, -0.2) is 26.4 Å². The van der Waals surface area contributed by atoms with Crippen molar-refractivity contribution in [3.8, 4) is 22.3 Å². The largest absolute Gasteiger partial charge is 1.00 e. The molecule has 26 heteroatoms. The first kappa shape index (κ1) is 77.8. The molecule has 0 bridgehead atoms. The van der Waals surface area contributed by atoms with Gasteiger partial charge in [0.05, 0.1) is 32.9 Å². The van der Waals surface area contributed by atoms with E-state index in [2.05, 4.69) is 193 Å². The molecule has 0 aromatic heterocycles. The molecule has 10 rings (SSSR count). The summed E-state index contributed by atoms with van der Waals surface area (Å²) in [4.78, 5) is 31.4. The standard InChI is InChI=1S/2C19H17S.2C15H12F2O5S.CHF3O3S.Na/c2*1-16-12-14-19(15-13-16)20(17-8-4-2-5-9-17)18-10-6-3-7-11-18;2*16-15(17,23(19,20)21)10-22-14(18)13-8-6-12(7-9-13)11-4-2-1-3-5-11;2-1(3,4)8(5,6)7;/h2*2-15H,1H3;2*1-9H,10H2,(H,19,20,21);(H,5,6,7);/q2*+1;;;;+1/p-2. The number of rotatable bonds is 16. The van der Waals surface area contributed by atoms with E-state index in [4.69, 9.17) is 17.5 Å². The van der Waals surface area contributed by atoms with E-state index in [9.17, 15) is 61.7 Å². The maximum Gasteiger partial charge on any atom is 1.00 e. The number of hydrogen-bond donors (Lipinski definition) is 1. The second-order valence-corrected chi connectivity index (χ2v) is 28.1. The number of hydrogen-bond acceptors (Lipinski definition) is 12. The molecule has 0 amide bonds. The van der Waals surface area contributed by atoms with E-state index >= 15 is 0 Å². The summed E-state index contributed by atoms with van der Waals surface area (Å²) in [6, 6.07) is 91.1. The Balaban J connectivity index is 0.000000220. The Labute approximate surface area is 573 Å². The SMILES string of the molecule is Cc1ccc([S+](c2ccccc2)c2ccccc2)cc1.Cc1ccc([S+](c2ccccc2)c2ccccc2)cc1.O=C(OCC(F)(F)S(=O)(=O)O)c1ccc(-c2ccccc2)cc1.O=C(OCC(F)(F)S(=O)(=O)[O-])c1ccc(-c2ccccc2)cc1.O=S(=O)([O-])C(F)(F)F.[Na+]. The van der Waals surface area contributed by atoms with Gasteiger partial charge in [-0.2, -0.15) is 39.2 Å². The Morgan fingerprint density at radius 2 is 0.579 bits per heavy atom. The maximum absolute atomic E-state index is 13.0. The van der Waals surface area contributed by atoms with Crippen molar-refractivity contribution < 1.29 is 118 Å². The summed E-state index contributed by atoms with van der Waals surface area (Å²) >= 11 is 0. The first-order valence-corrected chi connectivity index (χ1v) is 34.2. The monoisotopic (exact) mass is 1410 g/mol. The Kier molecular flexibility index (Phi) is 29.2. The molecule has 0 fully saturated rings. The van der Waals surface area contributed by atoms with Gasteiger partial charge >= 0.3 is 67.6 Å². The molecule has 0 aliphatic heterocycles. The second-order valence-electron chi connectivity index (χ2n) is 19.6. The minimum Gasteiger partial charge on any atom is -0.743 e. The fourth-order valence-electron chi connectivity index (χ4n) is 7.86. The predicted molar refractivity (Wildman–Crippen MR) is 344 cm³/mol.